The summed E-state index contributed by atoms with van der Waals surface area (Å²) < 4.78 is 0. The molecule has 2 rings (SSSR count). The molecular formula is C16H24ClN3O. The van der Waals surface area contributed by atoms with Gasteiger partial charge in [-0.2, -0.15) is 0 Å². The Kier molecular flexibility index (Phi) is 5.88. The molecule has 5 heteroatoms. The lowest BCUT2D eigenvalue weighted by Gasteiger charge is -2.35. The number of benzene rings is 1. The average Bonchev–Trinajstić information content (AvgIpc) is 2.46. The third-order valence-electron chi connectivity index (χ3n) is 3.62. The van der Waals surface area contributed by atoms with Crippen LogP contribution in [0.15, 0.2) is 24.3 Å². The largest absolute Gasteiger partial charge is 0.369 e. The van der Waals surface area contributed by atoms with Crippen LogP contribution in [0.25, 0.3) is 0 Å². The average molecular weight is 310 g/mol. The first-order valence-corrected chi connectivity index (χ1v) is 7.92. The molecule has 1 saturated heterocycles. The van der Waals surface area contributed by atoms with E-state index in [-0.39, 0.29) is 5.91 Å². The van der Waals surface area contributed by atoms with Gasteiger partial charge < -0.3 is 10.2 Å². The minimum atomic E-state index is 0.125. The van der Waals surface area contributed by atoms with Gasteiger partial charge in [0.05, 0.1) is 6.54 Å². The Morgan fingerprint density at radius 3 is 2.62 bits per heavy atom. The van der Waals surface area contributed by atoms with Crippen LogP contribution in [0.1, 0.15) is 13.8 Å². The quantitative estimate of drug-likeness (QED) is 0.906. The highest BCUT2D eigenvalue weighted by molar-refractivity contribution is 6.30. The van der Waals surface area contributed by atoms with Gasteiger partial charge >= 0.3 is 0 Å². The molecule has 0 spiro atoms. The molecule has 1 aromatic rings. The highest BCUT2D eigenvalue weighted by Gasteiger charge is 2.19. The maximum atomic E-state index is 11.8. The standard InChI is InChI=1S/C16H24ClN3O/c1-13(2)11-18-16(21)12-19-6-8-20(9-7-19)15-5-3-4-14(17)10-15/h3-5,10,13H,6-9,11-12H2,1-2H3,(H,18,21). The van der Waals surface area contributed by atoms with Crippen LogP contribution in [0.4, 0.5) is 5.69 Å². The molecular weight excluding hydrogens is 286 g/mol. The van der Waals surface area contributed by atoms with Crippen molar-refractivity contribution in [3.63, 3.8) is 0 Å². The maximum Gasteiger partial charge on any atom is 0.234 e. The fraction of sp³-hybridized carbons (Fsp3) is 0.562. The van der Waals surface area contributed by atoms with E-state index < -0.39 is 0 Å². The molecule has 1 N–H and O–H groups in total. The fourth-order valence-corrected chi connectivity index (χ4v) is 2.60. The summed E-state index contributed by atoms with van der Waals surface area (Å²) in [4.78, 5) is 16.3. The van der Waals surface area contributed by atoms with Crippen LogP contribution in [-0.4, -0.2) is 50.1 Å². The molecule has 0 saturated carbocycles. The Bertz CT molecular complexity index is 470. The fourth-order valence-electron chi connectivity index (χ4n) is 2.41. The summed E-state index contributed by atoms with van der Waals surface area (Å²) in [7, 11) is 0. The van der Waals surface area contributed by atoms with Crippen LogP contribution in [0.2, 0.25) is 5.02 Å². The Balaban J connectivity index is 1.77. The smallest absolute Gasteiger partial charge is 0.234 e. The van der Waals surface area contributed by atoms with Crippen molar-refractivity contribution in [1.29, 1.82) is 0 Å². The van der Waals surface area contributed by atoms with Gasteiger partial charge in [0.1, 0.15) is 0 Å². The second-order valence-corrected chi connectivity index (χ2v) is 6.38. The van der Waals surface area contributed by atoms with Gasteiger partial charge in [0, 0.05) is 43.4 Å². The highest BCUT2D eigenvalue weighted by Crippen LogP contribution is 2.20. The lowest BCUT2D eigenvalue weighted by atomic mass is 10.2. The van der Waals surface area contributed by atoms with E-state index in [1.807, 2.05) is 18.2 Å². The molecule has 0 aliphatic carbocycles. The normalized spacial score (nSPS) is 16.3. The molecule has 21 heavy (non-hydrogen) atoms. The van der Waals surface area contributed by atoms with Gasteiger partial charge in [-0.1, -0.05) is 31.5 Å². The predicted molar refractivity (Wildman–Crippen MR) is 88.0 cm³/mol. The zero-order valence-corrected chi connectivity index (χ0v) is 13.6. The van der Waals surface area contributed by atoms with Gasteiger partial charge in [-0.05, 0) is 24.1 Å². The van der Waals surface area contributed by atoms with Crippen LogP contribution in [0.5, 0.6) is 0 Å². The van der Waals surface area contributed by atoms with Crippen LogP contribution < -0.4 is 10.2 Å². The SMILES string of the molecule is CC(C)CNC(=O)CN1CCN(c2cccc(Cl)c2)CC1. The lowest BCUT2D eigenvalue weighted by Crippen LogP contribution is -2.49. The summed E-state index contributed by atoms with van der Waals surface area (Å²) in [5.74, 6) is 0.619. The van der Waals surface area contributed by atoms with Crippen molar-refractivity contribution in [2.75, 3.05) is 44.2 Å². The lowest BCUT2D eigenvalue weighted by molar-refractivity contribution is -0.122. The summed E-state index contributed by atoms with van der Waals surface area (Å²) in [6.45, 7) is 9.12. The maximum absolute atomic E-state index is 11.8. The van der Waals surface area contributed by atoms with E-state index in [9.17, 15) is 4.79 Å². The van der Waals surface area contributed by atoms with Crippen LogP contribution >= 0.6 is 11.6 Å². The van der Waals surface area contributed by atoms with Crippen molar-refractivity contribution in [3.8, 4) is 0 Å². The van der Waals surface area contributed by atoms with Crippen LogP contribution in [0, 0.1) is 5.92 Å². The Labute approximate surface area is 132 Å². The zero-order valence-electron chi connectivity index (χ0n) is 12.8. The molecule has 4 nitrogen and oxygen atoms in total. The Morgan fingerprint density at radius 2 is 2.00 bits per heavy atom. The number of hydrogen-bond donors (Lipinski definition) is 1. The topological polar surface area (TPSA) is 35.6 Å². The van der Waals surface area contributed by atoms with E-state index in [1.54, 1.807) is 0 Å². The minimum absolute atomic E-state index is 0.125. The molecule has 0 unspecified atom stereocenters. The molecule has 1 amide bonds. The van der Waals surface area contributed by atoms with E-state index >= 15 is 0 Å². The second-order valence-electron chi connectivity index (χ2n) is 5.94. The predicted octanol–water partition coefficient (Wildman–Crippen LogP) is 2.23. The Morgan fingerprint density at radius 1 is 1.29 bits per heavy atom. The van der Waals surface area contributed by atoms with Crippen LogP contribution in [0.3, 0.4) is 0 Å². The van der Waals surface area contributed by atoms with E-state index in [0.29, 0.717) is 12.5 Å². The zero-order chi connectivity index (χ0) is 15.2. The van der Waals surface area contributed by atoms with Crippen LogP contribution in [-0.2, 0) is 4.79 Å². The molecule has 1 aromatic carbocycles. The number of hydrogen-bond acceptors (Lipinski definition) is 3. The number of halogens is 1. The van der Waals surface area contributed by atoms with Gasteiger partial charge in [-0.25, -0.2) is 0 Å². The molecule has 1 aliphatic rings. The monoisotopic (exact) mass is 309 g/mol. The third-order valence-corrected chi connectivity index (χ3v) is 3.86. The van der Waals surface area contributed by atoms with Gasteiger partial charge in [-0.15, -0.1) is 0 Å². The number of carbonyl (C=O) groups is 1. The number of anilines is 1. The Hall–Kier alpha value is -1.26. The van der Waals surface area contributed by atoms with E-state index in [0.717, 1.165) is 43.4 Å². The second kappa shape index (κ2) is 7.66. The number of amides is 1. The molecule has 116 valence electrons. The first kappa shape index (κ1) is 16.1. The molecule has 0 radical (unpaired) electrons. The molecule has 1 aliphatic heterocycles. The minimum Gasteiger partial charge on any atom is -0.369 e. The van der Waals surface area contributed by atoms with Crippen molar-refractivity contribution in [2.45, 2.75) is 13.8 Å². The third kappa shape index (κ3) is 5.21. The van der Waals surface area contributed by atoms with E-state index in [2.05, 4.69) is 35.0 Å². The summed E-state index contributed by atoms with van der Waals surface area (Å²) in [5, 5.41) is 3.73. The molecule has 0 aromatic heterocycles. The first-order valence-electron chi connectivity index (χ1n) is 7.54. The van der Waals surface area contributed by atoms with Gasteiger partial charge in [0.2, 0.25) is 5.91 Å². The summed E-state index contributed by atoms with van der Waals surface area (Å²) >= 11 is 6.03. The summed E-state index contributed by atoms with van der Waals surface area (Å²) in [6, 6.07) is 7.94. The molecule has 0 bridgehead atoms. The molecule has 1 fully saturated rings. The molecule has 1 heterocycles. The number of nitrogens with zero attached hydrogens (tertiary/aromatic N) is 2. The number of piperazine rings is 1. The van der Waals surface area contributed by atoms with Gasteiger partial charge in [-0.3, -0.25) is 9.69 Å². The van der Waals surface area contributed by atoms with Crippen molar-refractivity contribution in [1.82, 2.24) is 10.2 Å². The summed E-state index contributed by atoms with van der Waals surface area (Å²) in [5.41, 5.74) is 1.16. The number of nitrogens with one attached hydrogen (secondary N) is 1. The number of carbonyl (C=O) groups excluding carboxylic acids is 1. The van der Waals surface area contributed by atoms with Crippen molar-refractivity contribution >= 4 is 23.2 Å². The van der Waals surface area contributed by atoms with Crippen molar-refractivity contribution < 1.29 is 4.79 Å². The highest BCUT2D eigenvalue weighted by atomic mass is 35.5. The summed E-state index contributed by atoms with van der Waals surface area (Å²) in [6.07, 6.45) is 0. The van der Waals surface area contributed by atoms with Crippen molar-refractivity contribution in [2.24, 2.45) is 5.92 Å². The number of rotatable bonds is 5. The van der Waals surface area contributed by atoms with Crippen molar-refractivity contribution in [3.05, 3.63) is 29.3 Å². The van der Waals surface area contributed by atoms with Gasteiger partial charge in [0.25, 0.3) is 0 Å². The molecule has 0 atom stereocenters. The van der Waals surface area contributed by atoms with Gasteiger partial charge in [0.15, 0.2) is 0 Å². The van der Waals surface area contributed by atoms with E-state index in [4.69, 9.17) is 11.6 Å². The van der Waals surface area contributed by atoms with E-state index in [1.165, 1.54) is 0 Å². The first-order chi connectivity index (χ1) is 10.0.